The van der Waals surface area contributed by atoms with Gasteiger partial charge in [0.15, 0.2) is 0 Å². The Morgan fingerprint density at radius 2 is 2.06 bits per heavy atom. The summed E-state index contributed by atoms with van der Waals surface area (Å²) in [5.74, 6) is -0.830. The molecule has 6 heteroatoms. The summed E-state index contributed by atoms with van der Waals surface area (Å²) in [5, 5.41) is 0. The van der Waals surface area contributed by atoms with Gasteiger partial charge < -0.3 is 21.1 Å². The molecule has 0 rings (SSSR count). The maximum absolute atomic E-state index is 11.8. The van der Waals surface area contributed by atoms with Crippen LogP contribution in [0.2, 0.25) is 0 Å². The van der Waals surface area contributed by atoms with Crippen LogP contribution < -0.4 is 11.5 Å². The largest absolute Gasteiger partial charge is 0.383 e. The normalized spacial score (nSPS) is 12.2. The molecule has 2 amide bonds. The summed E-state index contributed by atoms with van der Waals surface area (Å²) in [6.45, 7) is 2.55. The highest BCUT2D eigenvalue weighted by molar-refractivity contribution is 5.86. The summed E-state index contributed by atoms with van der Waals surface area (Å²) in [7, 11) is 1.47. The fourth-order valence-electron chi connectivity index (χ4n) is 1.29. The van der Waals surface area contributed by atoms with Gasteiger partial charge in [0.1, 0.15) is 6.04 Å². The second-order valence-electron chi connectivity index (χ2n) is 3.64. The van der Waals surface area contributed by atoms with Crippen LogP contribution >= 0.6 is 0 Å². The number of nitrogens with zero attached hydrogens (tertiary/aromatic N) is 1. The van der Waals surface area contributed by atoms with Crippen LogP contribution in [-0.2, 0) is 14.3 Å². The van der Waals surface area contributed by atoms with Crippen LogP contribution in [0.4, 0.5) is 0 Å². The minimum absolute atomic E-state index is 0.0871. The van der Waals surface area contributed by atoms with Crippen LogP contribution in [0.15, 0.2) is 0 Å². The summed E-state index contributed by atoms with van der Waals surface area (Å²) in [6, 6.07) is -0.735. The van der Waals surface area contributed by atoms with E-state index in [1.807, 2.05) is 6.92 Å². The number of ether oxygens (including phenoxy) is 1. The quantitative estimate of drug-likeness (QED) is 0.564. The zero-order chi connectivity index (χ0) is 12.6. The molecule has 0 aliphatic rings. The molecule has 94 valence electrons. The zero-order valence-corrected chi connectivity index (χ0v) is 9.94. The standard InChI is InChI=1S/C10H21N3O3/c1-3-4-5-13(6-9(12)14)10(15)8(11)7-16-2/h8H,3-7,11H2,1-2H3,(H2,12,14). The number of carbonyl (C=O) groups is 2. The van der Waals surface area contributed by atoms with E-state index in [2.05, 4.69) is 0 Å². The summed E-state index contributed by atoms with van der Waals surface area (Å²) < 4.78 is 4.80. The van der Waals surface area contributed by atoms with Gasteiger partial charge in [-0.05, 0) is 6.42 Å². The van der Waals surface area contributed by atoms with E-state index in [4.69, 9.17) is 16.2 Å². The summed E-state index contributed by atoms with van der Waals surface area (Å²) in [4.78, 5) is 24.0. The second-order valence-corrected chi connectivity index (χ2v) is 3.64. The van der Waals surface area contributed by atoms with E-state index in [1.54, 1.807) is 0 Å². The summed E-state index contributed by atoms with van der Waals surface area (Å²) in [6.07, 6.45) is 1.75. The maximum atomic E-state index is 11.8. The Morgan fingerprint density at radius 3 is 2.50 bits per heavy atom. The molecule has 0 bridgehead atoms. The molecule has 0 radical (unpaired) electrons. The van der Waals surface area contributed by atoms with Gasteiger partial charge in [-0.2, -0.15) is 0 Å². The second kappa shape index (κ2) is 8.06. The fraction of sp³-hybridized carbons (Fsp3) is 0.800. The van der Waals surface area contributed by atoms with Gasteiger partial charge in [-0.25, -0.2) is 0 Å². The molecule has 0 aromatic heterocycles. The van der Waals surface area contributed by atoms with Crippen LogP contribution in [0.25, 0.3) is 0 Å². The Hall–Kier alpha value is -1.14. The van der Waals surface area contributed by atoms with Gasteiger partial charge in [0.05, 0.1) is 13.2 Å². The van der Waals surface area contributed by atoms with Crippen molar-refractivity contribution in [1.29, 1.82) is 0 Å². The minimum atomic E-state index is -0.735. The van der Waals surface area contributed by atoms with Gasteiger partial charge in [0, 0.05) is 13.7 Å². The molecule has 1 atom stereocenters. The van der Waals surface area contributed by atoms with Gasteiger partial charge in [-0.1, -0.05) is 13.3 Å². The van der Waals surface area contributed by atoms with Crippen LogP contribution in [0.5, 0.6) is 0 Å². The molecule has 0 aliphatic carbocycles. The van der Waals surface area contributed by atoms with E-state index >= 15 is 0 Å². The third kappa shape index (κ3) is 5.67. The Kier molecular flexibility index (Phi) is 7.49. The van der Waals surface area contributed by atoms with E-state index < -0.39 is 11.9 Å². The molecule has 0 aromatic carbocycles. The van der Waals surface area contributed by atoms with Crippen molar-refractivity contribution in [1.82, 2.24) is 4.90 Å². The highest BCUT2D eigenvalue weighted by Gasteiger charge is 2.21. The van der Waals surface area contributed by atoms with Crippen molar-refractivity contribution in [3.8, 4) is 0 Å². The van der Waals surface area contributed by atoms with Gasteiger partial charge in [-0.3, -0.25) is 9.59 Å². The molecule has 0 aromatic rings. The lowest BCUT2D eigenvalue weighted by atomic mass is 10.2. The first-order valence-electron chi connectivity index (χ1n) is 5.34. The third-order valence-corrected chi connectivity index (χ3v) is 2.10. The Bertz CT molecular complexity index is 233. The number of nitrogens with two attached hydrogens (primary N) is 2. The lowest BCUT2D eigenvalue weighted by molar-refractivity contribution is -0.137. The van der Waals surface area contributed by atoms with Crippen molar-refractivity contribution >= 4 is 11.8 Å². The molecule has 0 aliphatic heterocycles. The van der Waals surface area contributed by atoms with E-state index in [0.29, 0.717) is 6.54 Å². The average Bonchev–Trinajstić information content (AvgIpc) is 2.23. The minimum Gasteiger partial charge on any atom is -0.383 e. The van der Waals surface area contributed by atoms with Crippen LogP contribution in [0.3, 0.4) is 0 Å². The van der Waals surface area contributed by atoms with Crippen molar-refractivity contribution < 1.29 is 14.3 Å². The Morgan fingerprint density at radius 1 is 1.44 bits per heavy atom. The molecular weight excluding hydrogens is 210 g/mol. The smallest absolute Gasteiger partial charge is 0.242 e. The molecule has 0 saturated heterocycles. The number of hydrogen-bond acceptors (Lipinski definition) is 4. The number of methoxy groups -OCH3 is 1. The Labute approximate surface area is 95.9 Å². The highest BCUT2D eigenvalue weighted by atomic mass is 16.5. The van der Waals surface area contributed by atoms with E-state index in [1.165, 1.54) is 12.0 Å². The summed E-state index contributed by atoms with van der Waals surface area (Å²) >= 11 is 0. The molecule has 0 spiro atoms. The number of primary amides is 1. The van der Waals surface area contributed by atoms with Gasteiger partial charge in [0.25, 0.3) is 0 Å². The van der Waals surface area contributed by atoms with Gasteiger partial charge in [0.2, 0.25) is 11.8 Å². The van der Waals surface area contributed by atoms with Crippen molar-refractivity contribution in [2.45, 2.75) is 25.8 Å². The van der Waals surface area contributed by atoms with E-state index in [-0.39, 0.29) is 19.1 Å². The van der Waals surface area contributed by atoms with Crippen molar-refractivity contribution in [3.05, 3.63) is 0 Å². The van der Waals surface area contributed by atoms with Crippen LogP contribution in [0.1, 0.15) is 19.8 Å². The monoisotopic (exact) mass is 231 g/mol. The molecule has 0 saturated carbocycles. The van der Waals surface area contributed by atoms with E-state index in [0.717, 1.165) is 12.8 Å². The predicted molar refractivity (Wildman–Crippen MR) is 60.5 cm³/mol. The van der Waals surface area contributed by atoms with Crippen LogP contribution in [0, 0.1) is 0 Å². The van der Waals surface area contributed by atoms with Crippen molar-refractivity contribution in [2.24, 2.45) is 11.5 Å². The molecule has 0 fully saturated rings. The molecule has 0 heterocycles. The van der Waals surface area contributed by atoms with E-state index in [9.17, 15) is 9.59 Å². The lowest BCUT2D eigenvalue weighted by Gasteiger charge is -2.24. The van der Waals surface area contributed by atoms with Gasteiger partial charge in [-0.15, -0.1) is 0 Å². The zero-order valence-electron chi connectivity index (χ0n) is 9.94. The number of unbranched alkanes of at least 4 members (excludes halogenated alkanes) is 1. The van der Waals surface area contributed by atoms with Crippen molar-refractivity contribution in [2.75, 3.05) is 26.8 Å². The first-order chi connectivity index (χ1) is 7.52. The fourth-order valence-corrected chi connectivity index (χ4v) is 1.29. The average molecular weight is 231 g/mol. The molecular formula is C10H21N3O3. The number of hydrogen-bond donors (Lipinski definition) is 2. The lowest BCUT2D eigenvalue weighted by Crippen LogP contribution is -2.49. The van der Waals surface area contributed by atoms with Crippen LogP contribution in [-0.4, -0.2) is 49.6 Å². The SMILES string of the molecule is CCCCN(CC(N)=O)C(=O)C(N)COC. The summed E-state index contributed by atoms with van der Waals surface area (Å²) in [5.41, 5.74) is 10.7. The topological polar surface area (TPSA) is 98.7 Å². The number of amides is 2. The molecule has 6 nitrogen and oxygen atoms in total. The Balaban J connectivity index is 4.35. The molecule has 1 unspecified atom stereocenters. The number of carbonyl (C=O) groups excluding carboxylic acids is 2. The van der Waals surface area contributed by atoms with Gasteiger partial charge >= 0.3 is 0 Å². The molecule has 4 N–H and O–H groups in total. The first kappa shape index (κ1) is 14.9. The number of rotatable bonds is 8. The van der Waals surface area contributed by atoms with Crippen molar-refractivity contribution in [3.63, 3.8) is 0 Å². The molecule has 16 heavy (non-hydrogen) atoms. The third-order valence-electron chi connectivity index (χ3n) is 2.10. The highest BCUT2D eigenvalue weighted by Crippen LogP contribution is 1.98. The first-order valence-corrected chi connectivity index (χ1v) is 5.34. The predicted octanol–water partition coefficient (Wildman–Crippen LogP) is -0.926. The maximum Gasteiger partial charge on any atom is 0.242 e.